The maximum absolute atomic E-state index is 11.9. The standard InChI is InChI=1S/C12H23N3O2/c1-12(2,3)17-11(16)15(4)9-7-5-6-8-14-10(9)13/h9H,5-8H2,1-4H3,(H2,13,14). The second kappa shape index (κ2) is 5.38. The van der Waals surface area contributed by atoms with E-state index in [4.69, 9.17) is 10.5 Å². The van der Waals surface area contributed by atoms with Gasteiger partial charge < -0.3 is 15.4 Å². The molecule has 0 saturated heterocycles. The van der Waals surface area contributed by atoms with Crippen LogP contribution in [-0.4, -0.2) is 42.1 Å². The maximum atomic E-state index is 11.9. The van der Waals surface area contributed by atoms with Crippen LogP contribution in [0.1, 0.15) is 40.0 Å². The van der Waals surface area contributed by atoms with E-state index in [0.29, 0.717) is 5.84 Å². The monoisotopic (exact) mass is 241 g/mol. The minimum absolute atomic E-state index is 0.132. The van der Waals surface area contributed by atoms with Gasteiger partial charge in [-0.1, -0.05) is 0 Å². The topological polar surface area (TPSA) is 67.9 Å². The molecule has 0 spiro atoms. The van der Waals surface area contributed by atoms with Crippen molar-refractivity contribution in [2.24, 2.45) is 10.7 Å². The Hall–Kier alpha value is -1.26. The Bertz CT molecular complexity index is 307. The van der Waals surface area contributed by atoms with Crippen LogP contribution in [0.4, 0.5) is 4.79 Å². The third-order valence-corrected chi connectivity index (χ3v) is 2.67. The van der Waals surface area contributed by atoms with E-state index in [0.717, 1.165) is 25.8 Å². The Balaban J connectivity index is 2.67. The van der Waals surface area contributed by atoms with Crippen LogP contribution in [-0.2, 0) is 4.74 Å². The van der Waals surface area contributed by atoms with E-state index in [-0.39, 0.29) is 12.1 Å². The number of aliphatic imine (C=N–C) groups is 1. The van der Waals surface area contributed by atoms with Gasteiger partial charge in [0.2, 0.25) is 0 Å². The molecule has 1 amide bonds. The van der Waals surface area contributed by atoms with E-state index >= 15 is 0 Å². The number of hydrogen-bond acceptors (Lipinski definition) is 4. The Morgan fingerprint density at radius 1 is 1.47 bits per heavy atom. The Kier molecular flexibility index (Phi) is 4.37. The van der Waals surface area contributed by atoms with Crippen LogP contribution >= 0.6 is 0 Å². The maximum Gasteiger partial charge on any atom is 0.410 e. The third-order valence-electron chi connectivity index (χ3n) is 2.67. The minimum Gasteiger partial charge on any atom is -0.444 e. The number of rotatable bonds is 1. The molecule has 1 aliphatic rings. The molecule has 0 aromatic rings. The summed E-state index contributed by atoms with van der Waals surface area (Å²) in [5, 5.41) is 0. The van der Waals surface area contributed by atoms with Gasteiger partial charge in [0.05, 0.1) is 6.04 Å². The van der Waals surface area contributed by atoms with Crippen molar-refractivity contribution in [2.45, 2.75) is 51.7 Å². The van der Waals surface area contributed by atoms with E-state index in [9.17, 15) is 4.79 Å². The quantitative estimate of drug-likeness (QED) is 0.760. The zero-order valence-electron chi connectivity index (χ0n) is 11.2. The number of carbonyl (C=O) groups excluding carboxylic acids is 1. The highest BCUT2D eigenvalue weighted by Gasteiger charge is 2.28. The van der Waals surface area contributed by atoms with Crippen molar-refractivity contribution >= 4 is 11.9 Å². The summed E-state index contributed by atoms with van der Waals surface area (Å²) in [6.07, 6.45) is 2.56. The summed E-state index contributed by atoms with van der Waals surface area (Å²) in [5.74, 6) is 0.538. The molecule has 5 nitrogen and oxygen atoms in total. The largest absolute Gasteiger partial charge is 0.444 e. The number of nitrogens with two attached hydrogens (primary N) is 1. The smallest absolute Gasteiger partial charge is 0.410 e. The van der Waals surface area contributed by atoms with E-state index in [1.807, 2.05) is 20.8 Å². The van der Waals surface area contributed by atoms with E-state index in [1.165, 1.54) is 0 Å². The van der Waals surface area contributed by atoms with Crippen molar-refractivity contribution < 1.29 is 9.53 Å². The Morgan fingerprint density at radius 2 is 2.12 bits per heavy atom. The van der Waals surface area contributed by atoms with Crippen molar-refractivity contribution in [1.29, 1.82) is 0 Å². The summed E-state index contributed by atoms with van der Waals surface area (Å²) in [7, 11) is 1.71. The van der Waals surface area contributed by atoms with Crippen LogP contribution in [0.15, 0.2) is 4.99 Å². The fourth-order valence-electron chi connectivity index (χ4n) is 1.76. The lowest BCUT2D eigenvalue weighted by Crippen LogP contribution is -2.47. The van der Waals surface area contributed by atoms with Crippen molar-refractivity contribution in [3.05, 3.63) is 0 Å². The first kappa shape index (κ1) is 13.8. The molecular formula is C12H23N3O2. The number of hydrogen-bond donors (Lipinski definition) is 1. The van der Waals surface area contributed by atoms with Gasteiger partial charge in [-0.2, -0.15) is 0 Å². The first-order valence-electron chi connectivity index (χ1n) is 6.07. The molecule has 1 heterocycles. The lowest BCUT2D eigenvalue weighted by atomic mass is 10.1. The highest BCUT2D eigenvalue weighted by molar-refractivity contribution is 5.89. The molecule has 2 N–H and O–H groups in total. The Labute approximate surface area is 103 Å². The normalized spacial score (nSPS) is 21.4. The molecule has 1 atom stereocenters. The van der Waals surface area contributed by atoms with Gasteiger partial charge in [-0.25, -0.2) is 4.79 Å². The van der Waals surface area contributed by atoms with Gasteiger partial charge in [0, 0.05) is 13.6 Å². The number of ether oxygens (including phenoxy) is 1. The zero-order chi connectivity index (χ0) is 13.1. The van der Waals surface area contributed by atoms with Crippen molar-refractivity contribution in [3.63, 3.8) is 0 Å². The van der Waals surface area contributed by atoms with Crippen LogP contribution in [0.5, 0.6) is 0 Å². The second-order valence-electron chi connectivity index (χ2n) is 5.41. The predicted octanol–water partition coefficient (Wildman–Crippen LogP) is 1.76. The number of likely N-dealkylation sites (N-methyl/N-ethyl adjacent to an activating group) is 1. The van der Waals surface area contributed by atoms with Gasteiger partial charge in [-0.15, -0.1) is 0 Å². The highest BCUT2D eigenvalue weighted by atomic mass is 16.6. The van der Waals surface area contributed by atoms with E-state index < -0.39 is 5.60 Å². The van der Waals surface area contributed by atoms with Gasteiger partial charge in [-0.05, 0) is 40.0 Å². The summed E-state index contributed by atoms with van der Waals surface area (Å²) >= 11 is 0. The molecule has 0 bridgehead atoms. The first-order chi connectivity index (χ1) is 7.81. The SMILES string of the molecule is CN(C(=O)OC(C)(C)C)C1CCCCN=C1N. The number of amides is 1. The molecule has 0 aromatic carbocycles. The molecule has 0 radical (unpaired) electrons. The van der Waals surface area contributed by atoms with E-state index in [2.05, 4.69) is 4.99 Å². The molecule has 0 fully saturated rings. The summed E-state index contributed by atoms with van der Waals surface area (Å²) in [6.45, 7) is 6.31. The summed E-state index contributed by atoms with van der Waals surface area (Å²) in [5.41, 5.74) is 5.40. The van der Waals surface area contributed by atoms with Gasteiger partial charge in [0.15, 0.2) is 0 Å². The zero-order valence-corrected chi connectivity index (χ0v) is 11.2. The average molecular weight is 241 g/mol. The molecule has 0 aliphatic carbocycles. The van der Waals surface area contributed by atoms with Crippen LogP contribution in [0.2, 0.25) is 0 Å². The fourth-order valence-corrected chi connectivity index (χ4v) is 1.76. The average Bonchev–Trinajstić information content (AvgIpc) is 2.39. The van der Waals surface area contributed by atoms with Crippen LogP contribution in [0, 0.1) is 0 Å². The Morgan fingerprint density at radius 3 is 2.71 bits per heavy atom. The number of amidine groups is 1. The molecule has 5 heteroatoms. The summed E-state index contributed by atoms with van der Waals surface area (Å²) in [6, 6.07) is -0.132. The van der Waals surface area contributed by atoms with Crippen LogP contribution in [0.3, 0.4) is 0 Å². The highest BCUT2D eigenvalue weighted by Crippen LogP contribution is 2.15. The number of carbonyl (C=O) groups is 1. The van der Waals surface area contributed by atoms with Crippen molar-refractivity contribution in [1.82, 2.24) is 4.90 Å². The minimum atomic E-state index is -0.484. The van der Waals surface area contributed by atoms with Gasteiger partial charge in [0.1, 0.15) is 11.4 Å². The molecule has 0 aromatic heterocycles. The van der Waals surface area contributed by atoms with Crippen LogP contribution in [0.25, 0.3) is 0 Å². The molecule has 0 saturated carbocycles. The third kappa shape index (κ3) is 4.24. The predicted molar refractivity (Wildman–Crippen MR) is 68.1 cm³/mol. The second-order valence-corrected chi connectivity index (χ2v) is 5.41. The lowest BCUT2D eigenvalue weighted by Gasteiger charge is -2.29. The molecule has 1 rings (SSSR count). The van der Waals surface area contributed by atoms with Gasteiger partial charge in [-0.3, -0.25) is 4.99 Å². The van der Waals surface area contributed by atoms with Crippen LogP contribution < -0.4 is 5.73 Å². The van der Waals surface area contributed by atoms with Crippen molar-refractivity contribution in [2.75, 3.05) is 13.6 Å². The molecular weight excluding hydrogens is 218 g/mol. The summed E-state index contributed by atoms with van der Waals surface area (Å²) in [4.78, 5) is 17.7. The van der Waals surface area contributed by atoms with Crippen molar-refractivity contribution in [3.8, 4) is 0 Å². The summed E-state index contributed by atoms with van der Waals surface area (Å²) < 4.78 is 5.32. The molecule has 98 valence electrons. The van der Waals surface area contributed by atoms with Gasteiger partial charge in [0.25, 0.3) is 0 Å². The first-order valence-corrected chi connectivity index (χ1v) is 6.07. The van der Waals surface area contributed by atoms with E-state index in [1.54, 1.807) is 11.9 Å². The lowest BCUT2D eigenvalue weighted by molar-refractivity contribution is 0.0261. The van der Waals surface area contributed by atoms with Gasteiger partial charge >= 0.3 is 6.09 Å². The number of nitrogens with zero attached hydrogens (tertiary/aromatic N) is 2. The molecule has 1 unspecified atom stereocenters. The molecule has 17 heavy (non-hydrogen) atoms. The fraction of sp³-hybridized carbons (Fsp3) is 0.833. The molecule has 1 aliphatic heterocycles.